The molecule has 1 unspecified atom stereocenters. The maximum atomic E-state index is 5.67. The van der Waals surface area contributed by atoms with Crippen LogP contribution in [0.2, 0.25) is 0 Å². The van der Waals surface area contributed by atoms with Crippen molar-refractivity contribution in [3.63, 3.8) is 0 Å². The lowest BCUT2D eigenvalue weighted by Gasteiger charge is -2.06. The van der Waals surface area contributed by atoms with Gasteiger partial charge in [0.25, 0.3) is 6.01 Å². The normalized spacial score (nSPS) is 20.4. The van der Waals surface area contributed by atoms with E-state index in [9.17, 15) is 0 Å². The van der Waals surface area contributed by atoms with Crippen LogP contribution in [0.5, 0.6) is 0 Å². The Morgan fingerprint density at radius 2 is 2.38 bits per heavy atom. The van der Waals surface area contributed by atoms with Gasteiger partial charge in [0.15, 0.2) is 5.58 Å². The second-order valence-corrected chi connectivity index (χ2v) is 3.95. The van der Waals surface area contributed by atoms with Crippen LogP contribution in [0.1, 0.15) is 6.42 Å². The molecule has 1 saturated heterocycles. The smallest absolute Gasteiger partial charge is 0.295 e. The van der Waals surface area contributed by atoms with Gasteiger partial charge in [-0.1, -0.05) is 0 Å². The lowest BCUT2D eigenvalue weighted by atomic mass is 10.3. The van der Waals surface area contributed by atoms with Crippen molar-refractivity contribution >= 4 is 22.8 Å². The number of benzene rings is 1. The highest BCUT2D eigenvalue weighted by molar-refractivity contribution is 5.78. The van der Waals surface area contributed by atoms with Gasteiger partial charge in [-0.2, -0.15) is 4.98 Å². The average molecular weight is 219 g/mol. The van der Waals surface area contributed by atoms with Gasteiger partial charge in [-0.15, -0.1) is 0 Å². The average Bonchev–Trinajstić information content (AvgIpc) is 2.86. The summed E-state index contributed by atoms with van der Waals surface area (Å²) in [6.45, 7) is 1.51. The number of aromatic nitrogens is 1. The Morgan fingerprint density at radius 1 is 1.44 bits per heavy atom. The minimum absolute atomic E-state index is 0.297. The number of anilines is 2. The fourth-order valence-corrected chi connectivity index (χ4v) is 1.83. The van der Waals surface area contributed by atoms with Crippen molar-refractivity contribution < 1.29 is 9.15 Å². The van der Waals surface area contributed by atoms with Crippen LogP contribution in [0.15, 0.2) is 22.6 Å². The Labute approximate surface area is 92.6 Å². The Bertz CT molecular complexity index is 503. The van der Waals surface area contributed by atoms with Crippen LogP contribution in [-0.2, 0) is 4.74 Å². The van der Waals surface area contributed by atoms with Gasteiger partial charge >= 0.3 is 0 Å². The van der Waals surface area contributed by atoms with E-state index in [4.69, 9.17) is 14.9 Å². The molecular formula is C11H13N3O2. The highest BCUT2D eigenvalue weighted by Crippen LogP contribution is 2.22. The van der Waals surface area contributed by atoms with Gasteiger partial charge in [-0.05, 0) is 18.6 Å². The molecule has 1 atom stereocenters. The van der Waals surface area contributed by atoms with Crippen molar-refractivity contribution in [1.29, 1.82) is 0 Å². The zero-order valence-corrected chi connectivity index (χ0v) is 8.77. The third kappa shape index (κ3) is 1.69. The van der Waals surface area contributed by atoms with E-state index in [1.807, 2.05) is 12.1 Å². The van der Waals surface area contributed by atoms with E-state index in [-0.39, 0.29) is 0 Å². The maximum Gasteiger partial charge on any atom is 0.295 e. The fourth-order valence-electron chi connectivity index (χ4n) is 1.83. The Hall–Kier alpha value is -1.75. The molecule has 84 valence electrons. The number of ether oxygens (including phenoxy) is 1. The highest BCUT2D eigenvalue weighted by atomic mass is 16.5. The van der Waals surface area contributed by atoms with Gasteiger partial charge < -0.3 is 20.2 Å². The van der Waals surface area contributed by atoms with Gasteiger partial charge in [0.1, 0.15) is 5.52 Å². The zero-order valence-electron chi connectivity index (χ0n) is 8.77. The van der Waals surface area contributed by atoms with Crippen LogP contribution in [0.3, 0.4) is 0 Å². The first-order valence-corrected chi connectivity index (χ1v) is 5.31. The number of hydrogen-bond donors (Lipinski definition) is 2. The molecule has 0 radical (unpaired) electrons. The minimum Gasteiger partial charge on any atom is -0.423 e. The summed E-state index contributed by atoms with van der Waals surface area (Å²) in [4.78, 5) is 4.33. The summed E-state index contributed by atoms with van der Waals surface area (Å²) in [5.74, 6) is 0. The van der Waals surface area contributed by atoms with Crippen LogP contribution in [0.25, 0.3) is 11.1 Å². The first-order chi connectivity index (χ1) is 7.81. The molecule has 0 aliphatic carbocycles. The van der Waals surface area contributed by atoms with E-state index in [1.165, 1.54) is 0 Å². The monoisotopic (exact) mass is 219 g/mol. The van der Waals surface area contributed by atoms with E-state index in [0.29, 0.717) is 29.9 Å². The molecule has 0 bridgehead atoms. The van der Waals surface area contributed by atoms with Crippen molar-refractivity contribution in [2.45, 2.75) is 12.5 Å². The molecular weight excluding hydrogens is 206 g/mol. The zero-order chi connectivity index (χ0) is 11.0. The van der Waals surface area contributed by atoms with Crippen LogP contribution in [-0.4, -0.2) is 24.2 Å². The van der Waals surface area contributed by atoms with Gasteiger partial charge in [-0.3, -0.25) is 0 Å². The number of fused-ring (bicyclic) bond motifs is 1. The molecule has 1 aliphatic rings. The second kappa shape index (κ2) is 3.68. The SMILES string of the molecule is Nc1ccc2nc(NC3CCOC3)oc2c1. The Kier molecular flexibility index (Phi) is 2.18. The fraction of sp³-hybridized carbons (Fsp3) is 0.364. The minimum atomic E-state index is 0.297. The van der Waals surface area contributed by atoms with Crippen LogP contribution in [0, 0.1) is 0 Å². The lowest BCUT2D eigenvalue weighted by molar-refractivity contribution is 0.195. The molecule has 16 heavy (non-hydrogen) atoms. The summed E-state index contributed by atoms with van der Waals surface area (Å²) in [6.07, 6.45) is 0.987. The molecule has 0 saturated carbocycles. The van der Waals surface area contributed by atoms with Gasteiger partial charge in [0.2, 0.25) is 0 Å². The third-order valence-corrected chi connectivity index (χ3v) is 2.67. The van der Waals surface area contributed by atoms with Crippen LogP contribution >= 0.6 is 0 Å². The van der Waals surface area contributed by atoms with Crippen LogP contribution in [0.4, 0.5) is 11.7 Å². The predicted molar refractivity (Wildman–Crippen MR) is 61.3 cm³/mol. The van der Waals surface area contributed by atoms with E-state index in [2.05, 4.69) is 10.3 Å². The lowest BCUT2D eigenvalue weighted by Crippen LogP contribution is -2.18. The number of nitrogen functional groups attached to an aromatic ring is 1. The number of rotatable bonds is 2. The first kappa shape index (κ1) is 9.47. The molecule has 2 aromatic rings. The maximum absolute atomic E-state index is 5.67. The number of nitrogens with one attached hydrogen (secondary N) is 1. The first-order valence-electron chi connectivity index (χ1n) is 5.31. The van der Waals surface area contributed by atoms with E-state index >= 15 is 0 Å². The summed E-state index contributed by atoms with van der Waals surface area (Å²) in [7, 11) is 0. The second-order valence-electron chi connectivity index (χ2n) is 3.95. The molecule has 5 heteroatoms. The molecule has 1 fully saturated rings. The van der Waals surface area contributed by atoms with Gasteiger partial charge in [0.05, 0.1) is 12.6 Å². The number of nitrogens with two attached hydrogens (primary N) is 1. The van der Waals surface area contributed by atoms with E-state index < -0.39 is 0 Å². The molecule has 1 aromatic carbocycles. The predicted octanol–water partition coefficient (Wildman–Crippen LogP) is 1.61. The van der Waals surface area contributed by atoms with Crippen molar-refractivity contribution in [3.8, 4) is 0 Å². The van der Waals surface area contributed by atoms with Crippen LogP contribution < -0.4 is 11.1 Å². The molecule has 1 aliphatic heterocycles. The van der Waals surface area contributed by atoms with Gasteiger partial charge in [0, 0.05) is 18.4 Å². The third-order valence-electron chi connectivity index (χ3n) is 2.67. The molecule has 3 N–H and O–H groups in total. The van der Waals surface area contributed by atoms with E-state index in [1.54, 1.807) is 6.07 Å². The quantitative estimate of drug-likeness (QED) is 0.751. The topological polar surface area (TPSA) is 73.3 Å². The molecule has 1 aromatic heterocycles. The highest BCUT2D eigenvalue weighted by Gasteiger charge is 2.17. The summed E-state index contributed by atoms with van der Waals surface area (Å²) < 4.78 is 10.8. The Morgan fingerprint density at radius 3 is 3.19 bits per heavy atom. The number of nitrogens with zero attached hydrogens (tertiary/aromatic N) is 1. The largest absolute Gasteiger partial charge is 0.423 e. The summed E-state index contributed by atoms with van der Waals surface area (Å²) >= 11 is 0. The summed E-state index contributed by atoms with van der Waals surface area (Å²) in [6, 6.07) is 6.28. The van der Waals surface area contributed by atoms with Crippen molar-refractivity contribution in [2.24, 2.45) is 0 Å². The number of hydrogen-bond acceptors (Lipinski definition) is 5. The Balaban J connectivity index is 1.86. The molecule has 2 heterocycles. The van der Waals surface area contributed by atoms with Crippen molar-refractivity contribution in [2.75, 3.05) is 24.3 Å². The van der Waals surface area contributed by atoms with Gasteiger partial charge in [-0.25, -0.2) is 0 Å². The summed E-state index contributed by atoms with van der Waals surface area (Å²) in [5, 5.41) is 3.21. The van der Waals surface area contributed by atoms with Crippen molar-refractivity contribution in [3.05, 3.63) is 18.2 Å². The molecule has 3 rings (SSSR count). The van der Waals surface area contributed by atoms with Crippen molar-refractivity contribution in [1.82, 2.24) is 4.98 Å². The molecule has 0 spiro atoms. The standard InChI is InChI=1S/C11H13N3O2/c12-7-1-2-9-10(5-7)16-11(14-9)13-8-3-4-15-6-8/h1-2,5,8H,3-4,6,12H2,(H,13,14). The van der Waals surface area contributed by atoms with E-state index in [0.717, 1.165) is 18.5 Å². The molecule has 5 nitrogen and oxygen atoms in total. The number of oxazole rings is 1. The summed E-state index contributed by atoms with van der Waals surface area (Å²) in [5.41, 5.74) is 7.87. The molecule has 0 amide bonds.